The smallest absolute Gasteiger partial charge is 0.0414 e. The summed E-state index contributed by atoms with van der Waals surface area (Å²) in [5.74, 6) is 0.684. The van der Waals surface area contributed by atoms with Gasteiger partial charge in [0.2, 0.25) is 0 Å². The van der Waals surface area contributed by atoms with Crippen molar-refractivity contribution in [3.05, 3.63) is 29.8 Å². The first-order valence-electron chi connectivity index (χ1n) is 7.63. The fourth-order valence-electron chi connectivity index (χ4n) is 2.70. The number of anilines is 1. The summed E-state index contributed by atoms with van der Waals surface area (Å²) in [4.78, 5) is 2.61. The van der Waals surface area contributed by atoms with Gasteiger partial charge in [0.25, 0.3) is 0 Å². The van der Waals surface area contributed by atoms with Gasteiger partial charge in [-0.15, -0.1) is 0 Å². The van der Waals surface area contributed by atoms with Crippen LogP contribution in [0.5, 0.6) is 0 Å². The van der Waals surface area contributed by atoms with Gasteiger partial charge in [0.05, 0.1) is 0 Å². The Morgan fingerprint density at radius 3 is 2.26 bits per heavy atom. The van der Waals surface area contributed by atoms with E-state index in [-0.39, 0.29) is 0 Å². The van der Waals surface area contributed by atoms with Crippen LogP contribution < -0.4 is 10.2 Å². The lowest BCUT2D eigenvalue weighted by Gasteiger charge is -2.35. The van der Waals surface area contributed by atoms with Gasteiger partial charge in [0, 0.05) is 24.8 Å². The van der Waals surface area contributed by atoms with E-state index in [1.807, 2.05) is 7.05 Å². The molecule has 0 saturated heterocycles. The fraction of sp³-hybridized carbons (Fsp3) is 0.647. The second-order valence-corrected chi connectivity index (χ2v) is 5.68. The van der Waals surface area contributed by atoms with E-state index in [1.54, 1.807) is 0 Å². The van der Waals surface area contributed by atoms with Crippen LogP contribution in [0, 0.1) is 5.92 Å². The summed E-state index contributed by atoms with van der Waals surface area (Å²) in [6.45, 7) is 11.3. The fourth-order valence-corrected chi connectivity index (χ4v) is 2.70. The van der Waals surface area contributed by atoms with Gasteiger partial charge in [-0.1, -0.05) is 45.9 Å². The number of rotatable bonds is 8. The molecule has 1 aromatic rings. The first-order valence-corrected chi connectivity index (χ1v) is 7.63. The van der Waals surface area contributed by atoms with Crippen molar-refractivity contribution in [2.75, 3.05) is 18.5 Å². The van der Waals surface area contributed by atoms with Crippen molar-refractivity contribution in [3.8, 4) is 0 Å². The third-order valence-corrected chi connectivity index (χ3v) is 3.61. The van der Waals surface area contributed by atoms with E-state index in [9.17, 15) is 0 Å². The average Bonchev–Trinajstić information content (AvgIpc) is 2.39. The van der Waals surface area contributed by atoms with Crippen LogP contribution in [-0.4, -0.2) is 19.6 Å². The van der Waals surface area contributed by atoms with Gasteiger partial charge in [0.15, 0.2) is 0 Å². The highest BCUT2D eigenvalue weighted by Gasteiger charge is 2.18. The number of nitrogens with zero attached hydrogens (tertiary/aromatic N) is 1. The van der Waals surface area contributed by atoms with Crippen LogP contribution in [0.3, 0.4) is 0 Å². The number of benzene rings is 1. The molecule has 19 heavy (non-hydrogen) atoms. The lowest BCUT2D eigenvalue weighted by Crippen LogP contribution is -2.38. The lowest BCUT2D eigenvalue weighted by molar-refractivity contribution is 0.506. The molecule has 0 aliphatic rings. The van der Waals surface area contributed by atoms with E-state index in [0.29, 0.717) is 12.0 Å². The summed E-state index contributed by atoms with van der Waals surface area (Å²) in [7, 11) is 2.01. The number of nitrogens with one attached hydrogen (secondary N) is 1. The summed E-state index contributed by atoms with van der Waals surface area (Å²) in [6, 6.07) is 9.44. The summed E-state index contributed by atoms with van der Waals surface area (Å²) < 4.78 is 0. The molecule has 0 aromatic heterocycles. The molecule has 0 unspecified atom stereocenters. The molecule has 0 fully saturated rings. The van der Waals surface area contributed by atoms with Gasteiger partial charge in [-0.2, -0.15) is 0 Å². The van der Waals surface area contributed by atoms with Crippen LogP contribution in [0.25, 0.3) is 0 Å². The highest BCUT2D eigenvalue weighted by atomic mass is 15.2. The molecule has 0 spiro atoms. The number of para-hydroxylation sites is 1. The van der Waals surface area contributed by atoms with Gasteiger partial charge in [-0.3, -0.25) is 0 Å². The highest BCUT2D eigenvalue weighted by Crippen LogP contribution is 2.26. The summed E-state index contributed by atoms with van der Waals surface area (Å²) in [5, 5.41) is 3.28. The van der Waals surface area contributed by atoms with Crippen LogP contribution in [-0.2, 0) is 6.54 Å². The molecule has 2 nitrogen and oxygen atoms in total. The van der Waals surface area contributed by atoms with E-state index in [1.165, 1.54) is 24.1 Å². The van der Waals surface area contributed by atoms with Crippen molar-refractivity contribution in [2.24, 2.45) is 5.92 Å². The molecule has 0 aliphatic heterocycles. The van der Waals surface area contributed by atoms with E-state index < -0.39 is 0 Å². The summed E-state index contributed by atoms with van der Waals surface area (Å²) in [6.07, 6.45) is 2.41. The first kappa shape index (κ1) is 16.0. The normalized spacial score (nSPS) is 11.3. The molecular weight excluding hydrogens is 232 g/mol. The lowest BCUT2D eigenvalue weighted by atomic mass is 10.0. The monoisotopic (exact) mass is 262 g/mol. The Hall–Kier alpha value is -1.02. The van der Waals surface area contributed by atoms with Crippen LogP contribution >= 0.6 is 0 Å². The van der Waals surface area contributed by atoms with Crippen molar-refractivity contribution < 1.29 is 0 Å². The average molecular weight is 262 g/mol. The van der Waals surface area contributed by atoms with Crippen LogP contribution in [0.4, 0.5) is 5.69 Å². The molecule has 0 heterocycles. The van der Waals surface area contributed by atoms with Crippen LogP contribution in [0.2, 0.25) is 0 Å². The second-order valence-electron chi connectivity index (χ2n) is 5.68. The Morgan fingerprint density at radius 1 is 1.11 bits per heavy atom. The largest absolute Gasteiger partial charge is 0.368 e. The van der Waals surface area contributed by atoms with Gasteiger partial charge >= 0.3 is 0 Å². The maximum absolute atomic E-state index is 3.28. The van der Waals surface area contributed by atoms with Crippen LogP contribution in [0.1, 0.15) is 46.1 Å². The van der Waals surface area contributed by atoms with Gasteiger partial charge in [-0.05, 0) is 37.4 Å². The maximum atomic E-state index is 3.28. The third kappa shape index (κ3) is 4.54. The molecule has 108 valence electrons. The van der Waals surface area contributed by atoms with Gasteiger partial charge in [0.1, 0.15) is 0 Å². The zero-order valence-corrected chi connectivity index (χ0v) is 13.2. The molecule has 0 radical (unpaired) electrons. The van der Waals surface area contributed by atoms with Crippen molar-refractivity contribution >= 4 is 5.69 Å². The summed E-state index contributed by atoms with van der Waals surface area (Å²) in [5.41, 5.74) is 2.80. The molecule has 2 heteroatoms. The van der Waals surface area contributed by atoms with Crippen molar-refractivity contribution in [1.29, 1.82) is 0 Å². The molecule has 0 bridgehead atoms. The molecule has 0 aliphatic carbocycles. The second kappa shape index (κ2) is 8.21. The van der Waals surface area contributed by atoms with Crippen LogP contribution in [0.15, 0.2) is 24.3 Å². The zero-order valence-electron chi connectivity index (χ0n) is 13.2. The van der Waals surface area contributed by atoms with Gasteiger partial charge in [-0.25, -0.2) is 0 Å². The van der Waals surface area contributed by atoms with Crippen molar-refractivity contribution in [2.45, 2.75) is 53.1 Å². The molecular formula is C17H30N2. The highest BCUT2D eigenvalue weighted by molar-refractivity contribution is 5.54. The van der Waals surface area contributed by atoms with Crippen molar-refractivity contribution in [3.63, 3.8) is 0 Å². The molecule has 1 rings (SSSR count). The molecule has 1 aromatic carbocycles. The standard InChI is InChI=1S/C17H30N2/c1-6-16(7-2)19(13-14(3)4)17-11-9-8-10-15(17)12-18-5/h8-11,14,16,18H,6-7,12-13H2,1-5H3. The SMILES string of the molecule is CCC(CC)N(CC(C)C)c1ccccc1CNC. The number of hydrogen-bond acceptors (Lipinski definition) is 2. The maximum Gasteiger partial charge on any atom is 0.0414 e. The minimum absolute atomic E-state index is 0.639. The van der Waals surface area contributed by atoms with E-state index in [4.69, 9.17) is 0 Å². The Morgan fingerprint density at radius 2 is 1.74 bits per heavy atom. The predicted molar refractivity (Wildman–Crippen MR) is 85.8 cm³/mol. The zero-order chi connectivity index (χ0) is 14.3. The quantitative estimate of drug-likeness (QED) is 0.760. The minimum atomic E-state index is 0.639. The third-order valence-electron chi connectivity index (χ3n) is 3.61. The Kier molecular flexibility index (Phi) is 6.93. The topological polar surface area (TPSA) is 15.3 Å². The molecule has 0 saturated carbocycles. The van der Waals surface area contributed by atoms with E-state index in [2.05, 4.69) is 62.2 Å². The Bertz CT molecular complexity index is 356. The van der Waals surface area contributed by atoms with Crippen molar-refractivity contribution in [1.82, 2.24) is 5.32 Å². The van der Waals surface area contributed by atoms with E-state index >= 15 is 0 Å². The molecule has 0 amide bonds. The summed E-state index contributed by atoms with van der Waals surface area (Å²) >= 11 is 0. The Balaban J connectivity index is 3.08. The van der Waals surface area contributed by atoms with Gasteiger partial charge < -0.3 is 10.2 Å². The first-order chi connectivity index (χ1) is 9.13. The van der Waals surface area contributed by atoms with E-state index in [0.717, 1.165) is 13.1 Å². The number of hydrogen-bond donors (Lipinski definition) is 1. The minimum Gasteiger partial charge on any atom is -0.368 e. The molecule has 0 atom stereocenters. The predicted octanol–water partition coefficient (Wildman–Crippen LogP) is 4.06. The molecule has 1 N–H and O–H groups in total. The Labute approximate surface area is 119 Å².